The van der Waals surface area contributed by atoms with Crippen LogP contribution in [0.2, 0.25) is 0 Å². The van der Waals surface area contributed by atoms with Crippen LogP contribution in [0.5, 0.6) is 5.75 Å². The molecule has 0 radical (unpaired) electrons. The molecule has 0 N–H and O–H groups in total. The van der Waals surface area contributed by atoms with Crippen molar-refractivity contribution in [3.8, 4) is 5.75 Å². The van der Waals surface area contributed by atoms with Gasteiger partial charge in [0, 0.05) is 29.8 Å². The van der Waals surface area contributed by atoms with Gasteiger partial charge in [0.1, 0.15) is 18.1 Å². The Hall–Kier alpha value is -1.75. The predicted molar refractivity (Wildman–Crippen MR) is 79.8 cm³/mol. The molecule has 20 heavy (non-hydrogen) atoms. The van der Waals surface area contributed by atoms with Gasteiger partial charge in [-0.2, -0.15) is 0 Å². The van der Waals surface area contributed by atoms with E-state index in [0.717, 1.165) is 15.8 Å². The van der Waals surface area contributed by atoms with Crippen LogP contribution in [-0.4, -0.2) is 28.5 Å². The molecule has 104 valence electrons. The van der Waals surface area contributed by atoms with Crippen LogP contribution in [0.25, 0.3) is 0 Å². The summed E-state index contributed by atoms with van der Waals surface area (Å²) >= 11 is 3.40. The summed E-state index contributed by atoms with van der Waals surface area (Å²) in [5.74, 6) is 0.898. The van der Waals surface area contributed by atoms with E-state index in [9.17, 15) is 4.79 Å². The number of amides is 1. The largest absolute Gasteiger partial charge is 0.491 e. The van der Waals surface area contributed by atoms with E-state index in [4.69, 9.17) is 4.74 Å². The van der Waals surface area contributed by atoms with E-state index in [1.807, 2.05) is 53.0 Å². The topological polar surface area (TPSA) is 34.5 Å². The van der Waals surface area contributed by atoms with Crippen LogP contribution >= 0.6 is 15.9 Å². The Balaban J connectivity index is 1.88. The highest BCUT2D eigenvalue weighted by atomic mass is 79.9. The van der Waals surface area contributed by atoms with Crippen LogP contribution in [0.3, 0.4) is 0 Å². The molecule has 1 aliphatic heterocycles. The Labute approximate surface area is 126 Å². The Morgan fingerprint density at radius 1 is 1.35 bits per heavy atom. The zero-order valence-electron chi connectivity index (χ0n) is 11.2. The molecule has 5 heteroatoms. The fourth-order valence-electron chi connectivity index (χ4n) is 2.40. The smallest absolute Gasteiger partial charge is 0.270 e. The summed E-state index contributed by atoms with van der Waals surface area (Å²) in [7, 11) is 1.88. The monoisotopic (exact) mass is 334 g/mol. The van der Waals surface area contributed by atoms with E-state index < -0.39 is 0 Å². The molecule has 0 atom stereocenters. The summed E-state index contributed by atoms with van der Waals surface area (Å²) < 4.78 is 8.44. The second-order valence-corrected chi connectivity index (χ2v) is 5.75. The molecule has 1 aromatic carbocycles. The van der Waals surface area contributed by atoms with Gasteiger partial charge in [-0.3, -0.25) is 4.79 Å². The van der Waals surface area contributed by atoms with Crippen LogP contribution in [-0.2, 0) is 13.6 Å². The average molecular weight is 335 g/mol. The third kappa shape index (κ3) is 2.45. The van der Waals surface area contributed by atoms with E-state index in [0.29, 0.717) is 25.4 Å². The maximum Gasteiger partial charge on any atom is 0.270 e. The number of nitrogens with zero attached hydrogens (tertiary/aromatic N) is 2. The number of aryl methyl sites for hydroxylation is 1. The van der Waals surface area contributed by atoms with Crippen molar-refractivity contribution >= 4 is 21.8 Å². The number of halogens is 1. The number of para-hydroxylation sites is 1. The zero-order valence-corrected chi connectivity index (χ0v) is 12.8. The third-order valence-electron chi connectivity index (χ3n) is 3.43. The van der Waals surface area contributed by atoms with Crippen LogP contribution in [0.15, 0.2) is 41.0 Å². The summed E-state index contributed by atoms with van der Waals surface area (Å²) in [5, 5.41) is 0. The average Bonchev–Trinajstić information content (AvgIpc) is 2.65. The van der Waals surface area contributed by atoms with Gasteiger partial charge in [0.05, 0.1) is 6.54 Å². The Morgan fingerprint density at radius 2 is 2.15 bits per heavy atom. The van der Waals surface area contributed by atoms with Crippen LogP contribution in [0.4, 0.5) is 0 Å². The second kappa shape index (κ2) is 5.32. The lowest BCUT2D eigenvalue weighted by molar-refractivity contribution is 0.0723. The van der Waals surface area contributed by atoms with E-state index in [2.05, 4.69) is 15.9 Å². The Morgan fingerprint density at radius 3 is 2.90 bits per heavy atom. The van der Waals surface area contributed by atoms with Crippen molar-refractivity contribution in [2.24, 2.45) is 7.05 Å². The molecule has 0 bridgehead atoms. The first kappa shape index (κ1) is 13.2. The molecule has 1 aliphatic rings. The summed E-state index contributed by atoms with van der Waals surface area (Å²) in [6, 6.07) is 9.71. The molecule has 0 saturated heterocycles. The first-order chi connectivity index (χ1) is 9.65. The highest BCUT2D eigenvalue weighted by Gasteiger charge is 2.22. The first-order valence-electron chi connectivity index (χ1n) is 6.47. The van der Waals surface area contributed by atoms with Gasteiger partial charge in [-0.05, 0) is 28.1 Å². The molecule has 0 aliphatic carbocycles. The Kier molecular flexibility index (Phi) is 3.53. The minimum absolute atomic E-state index is 0.0264. The number of hydrogen-bond donors (Lipinski definition) is 0. The van der Waals surface area contributed by atoms with Crippen molar-refractivity contribution in [2.75, 3.05) is 13.2 Å². The summed E-state index contributed by atoms with van der Waals surface area (Å²) in [6.07, 6.45) is 1.88. The number of carbonyl (C=O) groups excluding carboxylic acids is 1. The molecule has 2 heterocycles. The van der Waals surface area contributed by atoms with E-state index in [-0.39, 0.29) is 5.91 Å². The maximum atomic E-state index is 12.6. The zero-order chi connectivity index (χ0) is 14.1. The summed E-state index contributed by atoms with van der Waals surface area (Å²) in [6.45, 7) is 1.70. The van der Waals surface area contributed by atoms with Crippen molar-refractivity contribution in [1.82, 2.24) is 9.47 Å². The third-order valence-corrected chi connectivity index (χ3v) is 3.86. The van der Waals surface area contributed by atoms with Gasteiger partial charge in [-0.25, -0.2) is 0 Å². The highest BCUT2D eigenvalue weighted by molar-refractivity contribution is 9.10. The molecular formula is C15H15BrN2O2. The normalized spacial score (nSPS) is 14.4. The van der Waals surface area contributed by atoms with Gasteiger partial charge in [0.25, 0.3) is 5.91 Å². The molecule has 0 spiro atoms. The standard InChI is InChI=1S/C15H15BrN2O2/c1-17-10-12(16)8-13(17)15(19)18-6-7-20-14-5-3-2-4-11(14)9-18/h2-5,8,10H,6-7,9H2,1H3. The van der Waals surface area contributed by atoms with Crippen LogP contribution in [0, 0.1) is 0 Å². The molecule has 2 aromatic rings. The van der Waals surface area contributed by atoms with Gasteiger partial charge in [-0.15, -0.1) is 0 Å². The maximum absolute atomic E-state index is 12.6. The molecule has 1 amide bonds. The van der Waals surface area contributed by atoms with Gasteiger partial charge < -0.3 is 14.2 Å². The highest BCUT2D eigenvalue weighted by Crippen LogP contribution is 2.24. The van der Waals surface area contributed by atoms with Gasteiger partial charge in [0.2, 0.25) is 0 Å². The number of ether oxygens (including phenoxy) is 1. The van der Waals surface area contributed by atoms with E-state index in [1.54, 1.807) is 0 Å². The minimum Gasteiger partial charge on any atom is -0.491 e. The molecule has 4 nitrogen and oxygen atoms in total. The van der Waals surface area contributed by atoms with Gasteiger partial charge in [-0.1, -0.05) is 18.2 Å². The fraction of sp³-hybridized carbons (Fsp3) is 0.267. The van der Waals surface area contributed by atoms with Gasteiger partial charge >= 0.3 is 0 Å². The molecule has 0 unspecified atom stereocenters. The van der Waals surface area contributed by atoms with Crippen molar-refractivity contribution in [3.63, 3.8) is 0 Å². The molecular weight excluding hydrogens is 320 g/mol. The summed E-state index contributed by atoms with van der Waals surface area (Å²) in [5.41, 5.74) is 1.72. The number of carbonyl (C=O) groups is 1. The lowest BCUT2D eigenvalue weighted by Gasteiger charge is -2.20. The van der Waals surface area contributed by atoms with Crippen LogP contribution in [0.1, 0.15) is 16.1 Å². The molecule has 3 rings (SSSR count). The van der Waals surface area contributed by atoms with Crippen molar-refractivity contribution in [3.05, 3.63) is 52.3 Å². The minimum atomic E-state index is 0.0264. The number of fused-ring (bicyclic) bond motifs is 1. The van der Waals surface area contributed by atoms with E-state index in [1.165, 1.54) is 0 Å². The lowest BCUT2D eigenvalue weighted by Crippen LogP contribution is -2.33. The summed E-state index contributed by atoms with van der Waals surface area (Å²) in [4.78, 5) is 14.5. The number of aromatic nitrogens is 1. The predicted octanol–water partition coefficient (Wildman–Crippen LogP) is 2.82. The van der Waals surface area contributed by atoms with Crippen molar-refractivity contribution in [2.45, 2.75) is 6.54 Å². The van der Waals surface area contributed by atoms with Gasteiger partial charge in [0.15, 0.2) is 0 Å². The van der Waals surface area contributed by atoms with Crippen LogP contribution < -0.4 is 4.74 Å². The fourth-order valence-corrected chi connectivity index (χ4v) is 2.92. The first-order valence-corrected chi connectivity index (χ1v) is 7.26. The van der Waals surface area contributed by atoms with Crippen molar-refractivity contribution < 1.29 is 9.53 Å². The van der Waals surface area contributed by atoms with Crippen molar-refractivity contribution in [1.29, 1.82) is 0 Å². The molecule has 0 fully saturated rings. The SMILES string of the molecule is Cn1cc(Br)cc1C(=O)N1CCOc2ccccc2C1. The number of hydrogen-bond acceptors (Lipinski definition) is 2. The number of rotatable bonds is 1. The second-order valence-electron chi connectivity index (χ2n) is 4.84. The van der Waals surface area contributed by atoms with E-state index >= 15 is 0 Å². The number of benzene rings is 1. The Bertz CT molecular complexity index is 651. The lowest BCUT2D eigenvalue weighted by atomic mass is 10.2. The molecule has 1 aromatic heterocycles. The quantitative estimate of drug-likeness (QED) is 0.803. The molecule has 0 saturated carbocycles.